The Hall–Kier alpha value is -1.81. The maximum absolute atomic E-state index is 12.3. The number of aliphatic hydroxyl groups excluding tert-OH is 1. The van der Waals surface area contributed by atoms with E-state index in [4.69, 9.17) is 5.11 Å². The standard InChI is InChI=1S/C17H24N2O2/c1-11-7-12(2)13-9-15(19-14(13)8-11)16(21)18-10-17(3,4)5-6-20/h7-9,19-20H,5-6,10H2,1-4H3,(H,18,21). The highest BCUT2D eigenvalue weighted by Crippen LogP contribution is 2.22. The molecule has 2 rings (SSSR count). The van der Waals surface area contributed by atoms with E-state index in [9.17, 15) is 4.79 Å². The molecule has 114 valence electrons. The number of fused-ring (bicyclic) bond motifs is 1. The van der Waals surface area contributed by atoms with Crippen molar-refractivity contribution in [3.63, 3.8) is 0 Å². The van der Waals surface area contributed by atoms with Crippen LogP contribution in [0, 0.1) is 19.3 Å². The number of aryl methyl sites for hydroxylation is 2. The molecule has 0 saturated carbocycles. The molecule has 4 nitrogen and oxygen atoms in total. The van der Waals surface area contributed by atoms with Gasteiger partial charge in [-0.15, -0.1) is 0 Å². The van der Waals surface area contributed by atoms with Crippen LogP contribution in [-0.2, 0) is 0 Å². The maximum atomic E-state index is 12.3. The number of hydrogen-bond acceptors (Lipinski definition) is 2. The van der Waals surface area contributed by atoms with Crippen LogP contribution in [0.25, 0.3) is 10.9 Å². The second-order valence-corrected chi connectivity index (χ2v) is 6.55. The van der Waals surface area contributed by atoms with Gasteiger partial charge in [-0.05, 0) is 48.9 Å². The molecule has 0 fully saturated rings. The summed E-state index contributed by atoms with van der Waals surface area (Å²) in [5, 5.41) is 13.0. The molecule has 0 aliphatic heterocycles. The first-order valence-corrected chi connectivity index (χ1v) is 7.31. The van der Waals surface area contributed by atoms with Crippen LogP contribution in [0.5, 0.6) is 0 Å². The van der Waals surface area contributed by atoms with Crippen molar-refractivity contribution in [2.75, 3.05) is 13.2 Å². The molecule has 1 aromatic heterocycles. The van der Waals surface area contributed by atoms with Crippen molar-refractivity contribution in [1.82, 2.24) is 10.3 Å². The van der Waals surface area contributed by atoms with Crippen molar-refractivity contribution in [1.29, 1.82) is 0 Å². The Bertz CT molecular complexity index is 656. The molecule has 21 heavy (non-hydrogen) atoms. The van der Waals surface area contributed by atoms with Gasteiger partial charge >= 0.3 is 0 Å². The fraction of sp³-hybridized carbons (Fsp3) is 0.471. The number of carbonyl (C=O) groups is 1. The molecule has 1 amide bonds. The van der Waals surface area contributed by atoms with Crippen LogP contribution in [0.2, 0.25) is 0 Å². The number of aromatic amines is 1. The van der Waals surface area contributed by atoms with Crippen LogP contribution in [0.15, 0.2) is 18.2 Å². The molecule has 3 N–H and O–H groups in total. The molecule has 1 aromatic carbocycles. The summed E-state index contributed by atoms with van der Waals surface area (Å²) in [6.45, 7) is 8.83. The minimum atomic E-state index is -0.108. The summed E-state index contributed by atoms with van der Waals surface area (Å²) < 4.78 is 0. The number of aliphatic hydroxyl groups is 1. The topological polar surface area (TPSA) is 65.1 Å². The highest BCUT2D eigenvalue weighted by molar-refractivity contribution is 5.99. The first kappa shape index (κ1) is 15.6. The van der Waals surface area contributed by atoms with E-state index < -0.39 is 0 Å². The van der Waals surface area contributed by atoms with Gasteiger partial charge in [0.25, 0.3) is 5.91 Å². The summed E-state index contributed by atoms with van der Waals surface area (Å²) in [6, 6.07) is 6.06. The Morgan fingerprint density at radius 3 is 2.67 bits per heavy atom. The highest BCUT2D eigenvalue weighted by atomic mass is 16.3. The lowest BCUT2D eigenvalue weighted by molar-refractivity contribution is 0.0924. The van der Waals surface area contributed by atoms with E-state index in [-0.39, 0.29) is 17.9 Å². The van der Waals surface area contributed by atoms with Gasteiger partial charge in [0.2, 0.25) is 0 Å². The number of amides is 1. The molecule has 2 aromatic rings. The van der Waals surface area contributed by atoms with E-state index in [2.05, 4.69) is 29.4 Å². The van der Waals surface area contributed by atoms with E-state index in [1.807, 2.05) is 26.8 Å². The third kappa shape index (κ3) is 3.64. The van der Waals surface area contributed by atoms with Crippen LogP contribution in [0.3, 0.4) is 0 Å². The van der Waals surface area contributed by atoms with E-state index in [1.54, 1.807) is 0 Å². The maximum Gasteiger partial charge on any atom is 0.267 e. The summed E-state index contributed by atoms with van der Waals surface area (Å²) >= 11 is 0. The van der Waals surface area contributed by atoms with Gasteiger partial charge in [-0.2, -0.15) is 0 Å². The van der Waals surface area contributed by atoms with Crippen LogP contribution in [-0.4, -0.2) is 29.1 Å². The van der Waals surface area contributed by atoms with Crippen LogP contribution < -0.4 is 5.32 Å². The lowest BCUT2D eigenvalue weighted by Crippen LogP contribution is -2.34. The first-order valence-electron chi connectivity index (χ1n) is 7.31. The zero-order valence-electron chi connectivity index (χ0n) is 13.2. The van der Waals surface area contributed by atoms with E-state index in [0.717, 1.165) is 10.9 Å². The third-order valence-corrected chi connectivity index (χ3v) is 3.85. The normalized spacial score (nSPS) is 11.9. The Balaban J connectivity index is 2.15. The molecule has 1 heterocycles. The van der Waals surface area contributed by atoms with Gasteiger partial charge in [0.1, 0.15) is 5.69 Å². The van der Waals surface area contributed by atoms with Crippen molar-refractivity contribution in [3.8, 4) is 0 Å². The Morgan fingerprint density at radius 2 is 2.00 bits per heavy atom. The molecule has 0 unspecified atom stereocenters. The lowest BCUT2D eigenvalue weighted by atomic mass is 9.90. The Kier molecular flexibility index (Phi) is 4.37. The van der Waals surface area contributed by atoms with E-state index in [0.29, 0.717) is 18.7 Å². The van der Waals surface area contributed by atoms with Crippen molar-refractivity contribution in [2.45, 2.75) is 34.1 Å². The minimum Gasteiger partial charge on any atom is -0.396 e. The van der Waals surface area contributed by atoms with E-state index in [1.165, 1.54) is 11.1 Å². The summed E-state index contributed by atoms with van der Waals surface area (Å²) in [4.78, 5) is 15.4. The second-order valence-electron chi connectivity index (χ2n) is 6.55. The van der Waals surface area contributed by atoms with Crippen molar-refractivity contribution >= 4 is 16.8 Å². The largest absolute Gasteiger partial charge is 0.396 e. The number of rotatable bonds is 5. The highest BCUT2D eigenvalue weighted by Gasteiger charge is 2.19. The van der Waals surface area contributed by atoms with Gasteiger partial charge in [-0.25, -0.2) is 0 Å². The third-order valence-electron chi connectivity index (χ3n) is 3.85. The number of nitrogens with one attached hydrogen (secondary N) is 2. The van der Waals surface area contributed by atoms with Crippen molar-refractivity contribution in [2.24, 2.45) is 5.41 Å². The number of carbonyl (C=O) groups excluding carboxylic acids is 1. The first-order chi connectivity index (χ1) is 9.82. The van der Waals surface area contributed by atoms with Crippen molar-refractivity contribution in [3.05, 3.63) is 35.0 Å². The molecule has 0 spiro atoms. The van der Waals surface area contributed by atoms with Gasteiger partial charge in [0, 0.05) is 24.1 Å². The quantitative estimate of drug-likeness (QED) is 0.792. The van der Waals surface area contributed by atoms with Gasteiger partial charge in [-0.1, -0.05) is 19.9 Å². The smallest absolute Gasteiger partial charge is 0.267 e. The Labute approximate surface area is 125 Å². The van der Waals surface area contributed by atoms with Gasteiger partial charge in [-0.3, -0.25) is 4.79 Å². The SMILES string of the molecule is Cc1cc(C)c2cc(C(=O)NCC(C)(C)CCO)[nH]c2c1. The summed E-state index contributed by atoms with van der Waals surface area (Å²) in [6.07, 6.45) is 0.665. The zero-order chi connectivity index (χ0) is 15.6. The molecule has 4 heteroatoms. The fourth-order valence-corrected chi connectivity index (χ4v) is 2.53. The minimum absolute atomic E-state index is 0.103. The summed E-state index contributed by atoms with van der Waals surface area (Å²) in [5.74, 6) is -0.103. The monoisotopic (exact) mass is 288 g/mol. The molecule has 0 atom stereocenters. The van der Waals surface area contributed by atoms with Gasteiger partial charge in [0.05, 0.1) is 0 Å². The molecular formula is C17H24N2O2. The Morgan fingerprint density at radius 1 is 1.29 bits per heavy atom. The average molecular weight is 288 g/mol. The molecule has 0 bridgehead atoms. The predicted octanol–water partition coefficient (Wildman–Crippen LogP) is 2.92. The predicted molar refractivity (Wildman–Crippen MR) is 85.6 cm³/mol. The number of H-pyrrole nitrogens is 1. The molecule has 0 aliphatic carbocycles. The van der Waals surface area contributed by atoms with Gasteiger partial charge < -0.3 is 15.4 Å². The average Bonchev–Trinajstić information content (AvgIpc) is 2.80. The van der Waals surface area contributed by atoms with Crippen LogP contribution in [0.4, 0.5) is 0 Å². The number of hydrogen-bond donors (Lipinski definition) is 3. The molecule has 0 saturated heterocycles. The summed E-state index contributed by atoms with van der Waals surface area (Å²) in [5.41, 5.74) is 3.81. The molecule has 0 aliphatic rings. The van der Waals surface area contributed by atoms with Gasteiger partial charge in [0.15, 0.2) is 0 Å². The van der Waals surface area contributed by atoms with Crippen LogP contribution >= 0.6 is 0 Å². The van der Waals surface area contributed by atoms with Crippen molar-refractivity contribution < 1.29 is 9.90 Å². The fourth-order valence-electron chi connectivity index (χ4n) is 2.53. The lowest BCUT2D eigenvalue weighted by Gasteiger charge is -2.23. The molecule has 0 radical (unpaired) electrons. The number of aromatic nitrogens is 1. The molecular weight excluding hydrogens is 264 g/mol. The second kappa shape index (κ2) is 5.90. The van der Waals surface area contributed by atoms with E-state index >= 15 is 0 Å². The zero-order valence-corrected chi connectivity index (χ0v) is 13.2. The van der Waals surface area contributed by atoms with Crippen LogP contribution in [0.1, 0.15) is 41.9 Å². The number of benzene rings is 1. The summed E-state index contributed by atoms with van der Waals surface area (Å²) in [7, 11) is 0.